The van der Waals surface area contributed by atoms with Gasteiger partial charge in [-0.1, -0.05) is 55.5 Å². The van der Waals surface area contributed by atoms with E-state index in [2.05, 4.69) is 55.5 Å². The minimum absolute atomic E-state index is 0.199. The molecular weight excluding hydrogens is 246 g/mol. The fraction of sp³-hybridized carbons (Fsp3) is 0.500. The van der Waals surface area contributed by atoms with Crippen molar-refractivity contribution in [2.24, 2.45) is 5.73 Å². The largest absolute Gasteiger partial charge is 0.370 e. The van der Waals surface area contributed by atoms with Gasteiger partial charge in [0.15, 0.2) is 0 Å². The molecule has 20 heavy (non-hydrogen) atoms. The van der Waals surface area contributed by atoms with Gasteiger partial charge in [0, 0.05) is 6.42 Å². The first-order valence-corrected chi connectivity index (χ1v) is 7.65. The molecule has 0 saturated heterocycles. The number of allylic oxidation sites excluding steroid dienone is 8. The van der Waals surface area contributed by atoms with Crippen molar-refractivity contribution in [2.75, 3.05) is 0 Å². The fourth-order valence-corrected chi connectivity index (χ4v) is 1.66. The van der Waals surface area contributed by atoms with E-state index < -0.39 is 0 Å². The number of hydrogen-bond acceptors (Lipinski definition) is 1. The van der Waals surface area contributed by atoms with Crippen molar-refractivity contribution in [3.63, 3.8) is 0 Å². The zero-order valence-electron chi connectivity index (χ0n) is 12.8. The van der Waals surface area contributed by atoms with E-state index >= 15 is 0 Å². The van der Waals surface area contributed by atoms with E-state index in [4.69, 9.17) is 5.73 Å². The predicted molar refractivity (Wildman–Crippen MR) is 88.4 cm³/mol. The molecule has 112 valence electrons. The maximum Gasteiger partial charge on any atom is 0.217 e. The van der Waals surface area contributed by atoms with Gasteiger partial charge in [0.2, 0.25) is 5.91 Å². The highest BCUT2D eigenvalue weighted by atomic mass is 16.1. The van der Waals surface area contributed by atoms with Crippen LogP contribution in [0.3, 0.4) is 0 Å². The van der Waals surface area contributed by atoms with E-state index in [1.54, 1.807) is 0 Å². The first-order chi connectivity index (χ1) is 9.77. The van der Waals surface area contributed by atoms with Crippen molar-refractivity contribution in [3.05, 3.63) is 48.6 Å². The van der Waals surface area contributed by atoms with E-state index in [1.165, 1.54) is 0 Å². The van der Waals surface area contributed by atoms with Crippen molar-refractivity contribution >= 4 is 5.91 Å². The molecule has 0 spiro atoms. The van der Waals surface area contributed by atoms with Crippen molar-refractivity contribution in [2.45, 2.75) is 58.3 Å². The molecule has 1 amide bonds. The molecule has 0 rings (SSSR count). The van der Waals surface area contributed by atoms with Gasteiger partial charge in [0.1, 0.15) is 0 Å². The molecule has 0 unspecified atom stereocenters. The second-order valence-electron chi connectivity index (χ2n) is 4.71. The lowest BCUT2D eigenvalue weighted by Crippen LogP contribution is -2.09. The zero-order chi connectivity index (χ0) is 14.9. The average Bonchev–Trinajstić information content (AvgIpc) is 2.43. The lowest BCUT2D eigenvalue weighted by atomic mass is 10.1. The monoisotopic (exact) mass is 275 g/mol. The van der Waals surface area contributed by atoms with Crippen LogP contribution in [-0.4, -0.2) is 5.91 Å². The number of rotatable bonds is 12. The van der Waals surface area contributed by atoms with E-state index in [9.17, 15) is 4.79 Å². The Bertz CT molecular complexity index is 337. The van der Waals surface area contributed by atoms with E-state index in [-0.39, 0.29) is 5.91 Å². The zero-order valence-corrected chi connectivity index (χ0v) is 12.8. The molecule has 2 heteroatoms. The second-order valence-corrected chi connectivity index (χ2v) is 4.71. The summed E-state index contributed by atoms with van der Waals surface area (Å²) in [7, 11) is 0. The smallest absolute Gasteiger partial charge is 0.217 e. The Kier molecular flexibility index (Phi) is 14.3. The Morgan fingerprint density at radius 1 is 0.800 bits per heavy atom. The molecule has 0 heterocycles. The Balaban J connectivity index is 3.38. The number of primary amides is 1. The molecule has 0 aromatic heterocycles. The normalized spacial score (nSPS) is 12.4. The molecule has 0 aromatic carbocycles. The summed E-state index contributed by atoms with van der Waals surface area (Å²) in [6.45, 7) is 2.15. The second kappa shape index (κ2) is 15.5. The van der Waals surface area contributed by atoms with Crippen LogP contribution in [0.15, 0.2) is 48.6 Å². The minimum atomic E-state index is -0.199. The molecule has 2 nitrogen and oxygen atoms in total. The molecule has 0 aliphatic carbocycles. The molecule has 0 saturated carbocycles. The SMILES string of the molecule is CC/C=C/C/C=C/C/C=C/C/C=C/CCCCC(N)=O. The summed E-state index contributed by atoms with van der Waals surface area (Å²) < 4.78 is 0. The highest BCUT2D eigenvalue weighted by Gasteiger charge is 1.91. The topological polar surface area (TPSA) is 43.1 Å². The van der Waals surface area contributed by atoms with Crippen LogP contribution in [0.4, 0.5) is 0 Å². The summed E-state index contributed by atoms with van der Waals surface area (Å²) in [6.07, 6.45) is 25.1. The van der Waals surface area contributed by atoms with Gasteiger partial charge < -0.3 is 5.73 Å². The number of carbonyl (C=O) groups excluding carboxylic acids is 1. The predicted octanol–water partition coefficient (Wildman–Crippen LogP) is 4.84. The molecule has 0 aliphatic rings. The molecule has 0 radical (unpaired) electrons. The van der Waals surface area contributed by atoms with Crippen molar-refractivity contribution < 1.29 is 4.79 Å². The lowest BCUT2D eigenvalue weighted by Gasteiger charge is -1.93. The number of hydrogen-bond donors (Lipinski definition) is 1. The van der Waals surface area contributed by atoms with Crippen LogP contribution in [0.25, 0.3) is 0 Å². The van der Waals surface area contributed by atoms with Gasteiger partial charge in [-0.25, -0.2) is 0 Å². The van der Waals surface area contributed by atoms with Crippen LogP contribution >= 0.6 is 0 Å². The van der Waals surface area contributed by atoms with Crippen LogP contribution < -0.4 is 5.73 Å². The molecular formula is C18H29NO. The first kappa shape index (κ1) is 18.4. The van der Waals surface area contributed by atoms with E-state index in [1.807, 2.05) is 0 Å². The Labute approximate surface area is 124 Å². The molecule has 0 bridgehead atoms. The lowest BCUT2D eigenvalue weighted by molar-refractivity contribution is -0.118. The third kappa shape index (κ3) is 16.4. The summed E-state index contributed by atoms with van der Waals surface area (Å²) in [5.74, 6) is -0.199. The van der Waals surface area contributed by atoms with Gasteiger partial charge >= 0.3 is 0 Å². The minimum Gasteiger partial charge on any atom is -0.370 e. The van der Waals surface area contributed by atoms with E-state index in [0.29, 0.717) is 6.42 Å². The van der Waals surface area contributed by atoms with Gasteiger partial charge in [-0.05, 0) is 44.9 Å². The number of unbranched alkanes of at least 4 members (excludes halogenated alkanes) is 2. The summed E-state index contributed by atoms with van der Waals surface area (Å²) in [5.41, 5.74) is 5.07. The van der Waals surface area contributed by atoms with Crippen LogP contribution in [0.2, 0.25) is 0 Å². The summed E-state index contributed by atoms with van der Waals surface area (Å²) in [4.78, 5) is 10.5. The highest BCUT2D eigenvalue weighted by molar-refractivity contribution is 5.73. The summed E-state index contributed by atoms with van der Waals surface area (Å²) in [5, 5.41) is 0. The molecule has 2 N–H and O–H groups in total. The quantitative estimate of drug-likeness (QED) is 0.402. The average molecular weight is 275 g/mol. The fourth-order valence-electron chi connectivity index (χ4n) is 1.66. The van der Waals surface area contributed by atoms with Gasteiger partial charge in [0.05, 0.1) is 0 Å². The Hall–Kier alpha value is -1.57. The van der Waals surface area contributed by atoms with Gasteiger partial charge in [0.25, 0.3) is 0 Å². The van der Waals surface area contributed by atoms with Crippen LogP contribution in [-0.2, 0) is 4.79 Å². The standard InChI is InChI=1S/C18H29NO/c1-2-3-4-5-6-7-8-9-10-11-12-13-14-15-16-17-18(19)20/h3-4,6-7,9-10,12-13H,2,5,8,11,14-17H2,1H3,(H2,19,20)/b4-3+,7-6+,10-9+,13-12+. The van der Waals surface area contributed by atoms with Crippen LogP contribution in [0.1, 0.15) is 58.3 Å². The third-order valence-corrected chi connectivity index (χ3v) is 2.76. The van der Waals surface area contributed by atoms with Crippen molar-refractivity contribution in [1.29, 1.82) is 0 Å². The third-order valence-electron chi connectivity index (χ3n) is 2.76. The van der Waals surface area contributed by atoms with Crippen LogP contribution in [0, 0.1) is 0 Å². The van der Waals surface area contributed by atoms with Gasteiger partial charge in [-0.15, -0.1) is 0 Å². The van der Waals surface area contributed by atoms with Gasteiger partial charge in [-0.3, -0.25) is 4.79 Å². The number of carbonyl (C=O) groups is 1. The highest BCUT2D eigenvalue weighted by Crippen LogP contribution is 2.01. The summed E-state index contributed by atoms with van der Waals surface area (Å²) in [6, 6.07) is 0. The molecule has 0 atom stereocenters. The van der Waals surface area contributed by atoms with E-state index in [0.717, 1.165) is 44.9 Å². The van der Waals surface area contributed by atoms with Crippen molar-refractivity contribution in [3.8, 4) is 0 Å². The maximum absolute atomic E-state index is 10.5. The Morgan fingerprint density at radius 2 is 1.30 bits per heavy atom. The first-order valence-electron chi connectivity index (χ1n) is 7.65. The molecule has 0 aliphatic heterocycles. The Morgan fingerprint density at radius 3 is 1.80 bits per heavy atom. The number of amides is 1. The van der Waals surface area contributed by atoms with Gasteiger partial charge in [-0.2, -0.15) is 0 Å². The molecule has 0 aromatic rings. The summed E-state index contributed by atoms with van der Waals surface area (Å²) >= 11 is 0. The molecule has 0 fully saturated rings. The number of nitrogens with two attached hydrogens (primary N) is 1. The van der Waals surface area contributed by atoms with Crippen molar-refractivity contribution in [1.82, 2.24) is 0 Å². The van der Waals surface area contributed by atoms with Crippen LogP contribution in [0.5, 0.6) is 0 Å². The maximum atomic E-state index is 10.5.